The van der Waals surface area contributed by atoms with Gasteiger partial charge in [-0.05, 0) is 47.6 Å². The number of thiazole rings is 1. The van der Waals surface area contributed by atoms with E-state index in [4.69, 9.17) is 0 Å². The molecular formula is C27H26N4O2S2. The Balaban J connectivity index is 1.07. The highest BCUT2D eigenvalue weighted by Crippen LogP contribution is 2.35. The summed E-state index contributed by atoms with van der Waals surface area (Å²) in [5.74, 6) is 0.139. The molecule has 2 aromatic heterocycles. The van der Waals surface area contributed by atoms with E-state index < -0.39 is 0 Å². The topological polar surface area (TPSA) is 65.5 Å². The molecule has 2 amide bonds. The minimum Gasteiger partial charge on any atom is -0.335 e. The van der Waals surface area contributed by atoms with Crippen LogP contribution in [0.2, 0.25) is 0 Å². The van der Waals surface area contributed by atoms with Crippen molar-refractivity contribution in [2.45, 2.75) is 25.4 Å². The summed E-state index contributed by atoms with van der Waals surface area (Å²) in [6.45, 7) is 4.92. The number of nitrogens with one attached hydrogen (secondary N) is 1. The zero-order valence-electron chi connectivity index (χ0n) is 19.4. The molecule has 4 aromatic rings. The Labute approximate surface area is 212 Å². The molecule has 6 nitrogen and oxygen atoms in total. The van der Waals surface area contributed by atoms with Crippen LogP contribution in [0, 0.1) is 6.92 Å². The van der Waals surface area contributed by atoms with Gasteiger partial charge in [0.2, 0.25) is 0 Å². The van der Waals surface area contributed by atoms with Crippen molar-refractivity contribution in [1.82, 2.24) is 20.1 Å². The van der Waals surface area contributed by atoms with Gasteiger partial charge >= 0.3 is 0 Å². The number of hydrogen-bond donors (Lipinski definition) is 1. The maximum atomic E-state index is 13.3. The van der Waals surface area contributed by atoms with Crippen LogP contribution in [0.25, 0.3) is 21.2 Å². The Morgan fingerprint density at radius 1 is 0.971 bits per heavy atom. The summed E-state index contributed by atoms with van der Waals surface area (Å²) in [6.07, 6.45) is 2.60. The van der Waals surface area contributed by atoms with Crippen LogP contribution in [0.5, 0.6) is 0 Å². The van der Waals surface area contributed by atoms with Gasteiger partial charge < -0.3 is 15.1 Å². The highest BCUT2D eigenvalue weighted by atomic mass is 32.1. The number of likely N-dealkylation sites (tertiary alicyclic amines) is 2. The third-order valence-corrected chi connectivity index (χ3v) is 8.99. The molecule has 0 bridgehead atoms. The number of benzene rings is 2. The van der Waals surface area contributed by atoms with Gasteiger partial charge in [-0.15, -0.1) is 22.7 Å². The molecule has 1 atom stereocenters. The molecular weight excluding hydrogens is 476 g/mol. The Bertz CT molecular complexity index is 1380. The molecule has 0 saturated carbocycles. The lowest BCUT2D eigenvalue weighted by atomic mass is 10.0. The number of nitrogens with zero attached hydrogens (tertiary/aromatic N) is 3. The van der Waals surface area contributed by atoms with Crippen LogP contribution in [-0.4, -0.2) is 64.9 Å². The number of aromatic nitrogens is 1. The maximum Gasteiger partial charge on any atom is 0.282 e. The van der Waals surface area contributed by atoms with Crippen LogP contribution in [0.1, 0.15) is 31.5 Å². The molecule has 2 aromatic carbocycles. The predicted octanol–water partition coefficient (Wildman–Crippen LogP) is 4.66. The van der Waals surface area contributed by atoms with Crippen molar-refractivity contribution in [3.63, 3.8) is 0 Å². The highest BCUT2D eigenvalue weighted by molar-refractivity contribution is 7.21. The van der Waals surface area contributed by atoms with Crippen molar-refractivity contribution < 1.29 is 9.59 Å². The number of thiophene rings is 1. The van der Waals surface area contributed by atoms with Gasteiger partial charge in [0, 0.05) is 54.5 Å². The van der Waals surface area contributed by atoms with Crippen LogP contribution in [-0.2, 0) is 0 Å². The number of amides is 2. The average molecular weight is 503 g/mol. The molecule has 1 N–H and O–H groups in total. The largest absolute Gasteiger partial charge is 0.335 e. The minimum atomic E-state index is 0.0189. The number of carbonyl (C=O) groups excluding carboxylic acids is 2. The predicted molar refractivity (Wildman–Crippen MR) is 141 cm³/mol. The van der Waals surface area contributed by atoms with Crippen LogP contribution >= 0.6 is 22.7 Å². The molecule has 2 aliphatic rings. The second kappa shape index (κ2) is 9.18. The van der Waals surface area contributed by atoms with Crippen LogP contribution in [0.15, 0.2) is 60.1 Å². The van der Waals surface area contributed by atoms with Crippen LogP contribution in [0.4, 0.5) is 0 Å². The summed E-state index contributed by atoms with van der Waals surface area (Å²) in [6, 6.07) is 17.3. The summed E-state index contributed by atoms with van der Waals surface area (Å²) in [5.41, 5.74) is 3.42. The van der Waals surface area contributed by atoms with Crippen molar-refractivity contribution in [2.24, 2.45) is 0 Å². The fraction of sp³-hybridized carbons (Fsp3) is 0.296. The first kappa shape index (κ1) is 22.4. The summed E-state index contributed by atoms with van der Waals surface area (Å²) in [7, 11) is 0. The first-order valence-electron chi connectivity index (χ1n) is 11.9. The van der Waals surface area contributed by atoms with Crippen molar-refractivity contribution in [1.29, 1.82) is 0 Å². The van der Waals surface area contributed by atoms with E-state index in [1.54, 1.807) is 17.5 Å². The monoisotopic (exact) mass is 502 g/mol. The molecule has 2 fully saturated rings. The number of carbonyl (C=O) groups is 2. The van der Waals surface area contributed by atoms with Crippen LogP contribution in [0.3, 0.4) is 0 Å². The summed E-state index contributed by atoms with van der Waals surface area (Å²) < 4.78 is 1.15. The van der Waals surface area contributed by atoms with E-state index in [1.165, 1.54) is 22.5 Å². The van der Waals surface area contributed by atoms with Gasteiger partial charge in [0.25, 0.3) is 11.8 Å². The van der Waals surface area contributed by atoms with Gasteiger partial charge in [0.05, 0.1) is 4.88 Å². The summed E-state index contributed by atoms with van der Waals surface area (Å²) in [5, 5.41) is 7.19. The highest BCUT2D eigenvalue weighted by Gasteiger charge is 2.36. The Kier molecular flexibility index (Phi) is 5.88. The smallest absolute Gasteiger partial charge is 0.282 e. The second-order valence-corrected chi connectivity index (χ2v) is 11.2. The number of rotatable bonds is 5. The fourth-order valence-electron chi connectivity index (χ4n) is 5.01. The molecule has 4 heterocycles. The lowest BCUT2D eigenvalue weighted by molar-refractivity contribution is 0.0557. The van der Waals surface area contributed by atoms with Gasteiger partial charge in [-0.2, -0.15) is 0 Å². The molecule has 8 heteroatoms. The molecule has 178 valence electrons. The van der Waals surface area contributed by atoms with E-state index in [0.29, 0.717) is 24.6 Å². The van der Waals surface area contributed by atoms with Crippen molar-refractivity contribution in [3.8, 4) is 11.1 Å². The molecule has 35 heavy (non-hydrogen) atoms. The summed E-state index contributed by atoms with van der Waals surface area (Å²) in [4.78, 5) is 34.6. The molecule has 1 unspecified atom stereocenters. The number of hydrogen-bond acceptors (Lipinski definition) is 6. The second-order valence-electron chi connectivity index (χ2n) is 9.28. The van der Waals surface area contributed by atoms with E-state index in [0.717, 1.165) is 33.5 Å². The van der Waals surface area contributed by atoms with Gasteiger partial charge in [0.1, 0.15) is 0 Å². The van der Waals surface area contributed by atoms with Crippen molar-refractivity contribution in [2.75, 3.05) is 26.2 Å². The normalized spacial score (nSPS) is 18.3. The fourth-order valence-corrected chi connectivity index (χ4v) is 6.77. The lowest BCUT2D eigenvalue weighted by Gasteiger charge is -2.41. The molecule has 2 aliphatic heterocycles. The molecule has 0 aliphatic carbocycles. The minimum absolute atomic E-state index is 0.0189. The first-order valence-corrected chi connectivity index (χ1v) is 13.6. The SMILES string of the molecule is Cc1c(C(=O)N2CC(NC3CCN(C(=O)c4nccs4)C3)C2)sc2ccc(-c3ccccc3)cc12. The standard InChI is InChI=1S/C27H26N4O2S2/c1-17-22-13-19(18-5-3-2-4-6-18)7-8-23(22)35-24(17)26(32)31-15-21(16-31)29-20-9-11-30(14-20)27(33)25-28-10-12-34-25/h2-8,10,12-13,20-21,29H,9,11,14-16H2,1H3. The Morgan fingerprint density at radius 2 is 1.77 bits per heavy atom. The zero-order valence-corrected chi connectivity index (χ0v) is 21.1. The quantitative estimate of drug-likeness (QED) is 0.431. The van der Waals surface area contributed by atoms with E-state index in [-0.39, 0.29) is 23.9 Å². The van der Waals surface area contributed by atoms with E-state index in [9.17, 15) is 9.59 Å². The van der Waals surface area contributed by atoms with E-state index in [2.05, 4.69) is 47.6 Å². The third-order valence-electron chi connectivity index (χ3n) is 6.97. The number of fused-ring (bicyclic) bond motifs is 1. The van der Waals surface area contributed by atoms with Crippen LogP contribution < -0.4 is 5.32 Å². The van der Waals surface area contributed by atoms with Crippen molar-refractivity contribution in [3.05, 3.63) is 75.6 Å². The Morgan fingerprint density at radius 3 is 2.54 bits per heavy atom. The Hall–Kier alpha value is -3.07. The molecule has 2 saturated heterocycles. The van der Waals surface area contributed by atoms with Gasteiger partial charge in [-0.3, -0.25) is 9.59 Å². The van der Waals surface area contributed by atoms with E-state index >= 15 is 0 Å². The lowest BCUT2D eigenvalue weighted by Crippen LogP contribution is -2.62. The molecule has 6 rings (SSSR count). The van der Waals surface area contributed by atoms with E-state index in [1.807, 2.05) is 33.4 Å². The van der Waals surface area contributed by atoms with Gasteiger partial charge in [-0.25, -0.2) is 4.98 Å². The van der Waals surface area contributed by atoms with Gasteiger partial charge in [0.15, 0.2) is 5.01 Å². The molecule has 0 spiro atoms. The third kappa shape index (κ3) is 4.26. The summed E-state index contributed by atoms with van der Waals surface area (Å²) >= 11 is 2.98. The molecule has 0 radical (unpaired) electrons. The first-order chi connectivity index (χ1) is 17.1. The average Bonchev–Trinajstić information content (AvgIpc) is 3.62. The zero-order chi connectivity index (χ0) is 23.9. The number of aryl methyl sites for hydroxylation is 1. The van der Waals surface area contributed by atoms with Gasteiger partial charge in [-0.1, -0.05) is 36.4 Å². The van der Waals surface area contributed by atoms with Crippen molar-refractivity contribution >= 4 is 44.6 Å². The maximum absolute atomic E-state index is 13.3.